The van der Waals surface area contributed by atoms with E-state index in [-0.39, 0.29) is 30.2 Å². The van der Waals surface area contributed by atoms with Gasteiger partial charge in [0.05, 0.1) is 12.5 Å². The van der Waals surface area contributed by atoms with Gasteiger partial charge < -0.3 is 0 Å². The maximum Gasteiger partial charge on any atom is 0.229 e. The van der Waals surface area contributed by atoms with Crippen LogP contribution >= 0.6 is 11.6 Å². The van der Waals surface area contributed by atoms with Crippen molar-refractivity contribution in [3.05, 3.63) is 34.9 Å². The van der Waals surface area contributed by atoms with Crippen LogP contribution < -0.4 is 10.6 Å². The molecular formula is C12H12ClN3O2. The number of carbonyl (C=O) groups is 2. The molecule has 0 aromatic heterocycles. The van der Waals surface area contributed by atoms with Gasteiger partial charge in [0.25, 0.3) is 0 Å². The van der Waals surface area contributed by atoms with E-state index in [0.29, 0.717) is 5.02 Å². The minimum absolute atomic E-state index is 0.170. The first kappa shape index (κ1) is 12.6. The Morgan fingerprint density at radius 2 is 2.22 bits per heavy atom. The van der Waals surface area contributed by atoms with E-state index in [9.17, 15) is 9.59 Å². The Morgan fingerprint density at radius 3 is 2.89 bits per heavy atom. The van der Waals surface area contributed by atoms with Gasteiger partial charge in [-0.05, 0) is 11.6 Å². The first-order valence-electron chi connectivity index (χ1n) is 5.46. The molecule has 5 nitrogen and oxygen atoms in total. The highest BCUT2D eigenvalue weighted by Crippen LogP contribution is 2.29. The van der Waals surface area contributed by atoms with Gasteiger partial charge in [-0.2, -0.15) is 0 Å². The van der Waals surface area contributed by atoms with Gasteiger partial charge in [-0.3, -0.25) is 20.2 Å². The second-order valence-electron chi connectivity index (χ2n) is 3.95. The van der Waals surface area contributed by atoms with E-state index in [1.54, 1.807) is 6.07 Å². The zero-order valence-corrected chi connectivity index (χ0v) is 10.5. The summed E-state index contributed by atoms with van der Waals surface area (Å²) in [7, 11) is 0. The third-order valence-corrected chi connectivity index (χ3v) is 2.82. The first-order chi connectivity index (χ1) is 8.56. The highest BCUT2D eigenvalue weighted by Gasteiger charge is 2.24. The van der Waals surface area contributed by atoms with Crippen LogP contribution in [0.2, 0.25) is 5.02 Å². The number of rotatable bonds is 1. The Balaban J connectivity index is 2.30. The largest absolute Gasteiger partial charge is 0.297 e. The molecule has 94 valence electrons. The number of halogens is 1. The number of benzene rings is 1. The smallest absolute Gasteiger partial charge is 0.229 e. The monoisotopic (exact) mass is 265 g/mol. The summed E-state index contributed by atoms with van der Waals surface area (Å²) < 4.78 is 0. The predicted molar refractivity (Wildman–Crippen MR) is 68.2 cm³/mol. The van der Waals surface area contributed by atoms with Crippen molar-refractivity contribution in [2.24, 2.45) is 4.99 Å². The summed E-state index contributed by atoms with van der Waals surface area (Å²) in [6, 6.07) is 6.85. The number of hydrogen-bond donors (Lipinski definition) is 2. The third kappa shape index (κ3) is 2.87. The number of guanidine groups is 1. The molecule has 1 atom stereocenters. The lowest BCUT2D eigenvalue weighted by Crippen LogP contribution is -2.46. The Labute approximate surface area is 109 Å². The molecule has 1 heterocycles. The predicted octanol–water partition coefficient (Wildman–Crippen LogP) is 1.39. The van der Waals surface area contributed by atoms with E-state index in [2.05, 4.69) is 15.6 Å². The van der Waals surface area contributed by atoms with Crippen molar-refractivity contribution in [2.75, 3.05) is 0 Å². The Morgan fingerprint density at radius 1 is 1.50 bits per heavy atom. The lowest BCUT2D eigenvalue weighted by Gasteiger charge is -2.21. The number of nitrogens with one attached hydrogen (secondary N) is 2. The number of aliphatic imine (C=N–C) groups is 1. The SMILES string of the molecule is CC(=O)NC1=NC(c2ccccc2Cl)CC(=O)N1. The van der Waals surface area contributed by atoms with Crippen molar-refractivity contribution in [1.29, 1.82) is 0 Å². The molecule has 0 radical (unpaired) electrons. The van der Waals surface area contributed by atoms with Gasteiger partial charge in [0.15, 0.2) is 0 Å². The molecule has 1 aliphatic heterocycles. The standard InChI is InChI=1S/C12H12ClN3O2/c1-7(17)14-12-15-10(6-11(18)16-12)8-4-2-3-5-9(8)13/h2-5,10H,6H2,1H3,(H2,14,15,16,17,18). The highest BCUT2D eigenvalue weighted by molar-refractivity contribution is 6.31. The van der Waals surface area contributed by atoms with Crippen LogP contribution in [0, 0.1) is 0 Å². The minimum atomic E-state index is -0.366. The molecule has 2 amide bonds. The van der Waals surface area contributed by atoms with Crippen LogP contribution in [-0.4, -0.2) is 17.8 Å². The number of amides is 2. The average Bonchev–Trinajstić information content (AvgIpc) is 2.27. The Bertz CT molecular complexity index is 528. The number of carbonyl (C=O) groups excluding carboxylic acids is 2. The summed E-state index contributed by atoms with van der Waals surface area (Å²) in [4.78, 5) is 26.8. The summed E-state index contributed by atoms with van der Waals surface area (Å²) in [6.07, 6.45) is 0.215. The zero-order valence-electron chi connectivity index (χ0n) is 9.74. The fraction of sp³-hybridized carbons (Fsp3) is 0.250. The molecule has 0 saturated heterocycles. The van der Waals surface area contributed by atoms with E-state index >= 15 is 0 Å². The average molecular weight is 266 g/mol. The summed E-state index contributed by atoms with van der Waals surface area (Å²) in [5.41, 5.74) is 0.775. The van der Waals surface area contributed by atoms with Gasteiger partial charge >= 0.3 is 0 Å². The molecule has 1 aliphatic rings. The Kier molecular flexibility index (Phi) is 3.62. The Hall–Kier alpha value is -1.88. The maximum atomic E-state index is 11.6. The van der Waals surface area contributed by atoms with E-state index in [0.717, 1.165) is 5.56 Å². The first-order valence-corrected chi connectivity index (χ1v) is 5.83. The summed E-state index contributed by atoms with van der Waals surface area (Å²) in [6.45, 7) is 1.35. The molecule has 0 fully saturated rings. The molecule has 0 bridgehead atoms. The van der Waals surface area contributed by atoms with Gasteiger partial charge in [-0.25, -0.2) is 4.99 Å². The molecule has 0 aliphatic carbocycles. The molecule has 1 aromatic carbocycles. The van der Waals surface area contributed by atoms with Crippen LogP contribution in [-0.2, 0) is 9.59 Å². The second kappa shape index (κ2) is 5.18. The summed E-state index contributed by atoms with van der Waals surface area (Å²) in [5, 5.41) is 5.53. The normalized spacial score (nSPS) is 18.9. The van der Waals surface area contributed by atoms with Crippen LogP contribution in [0.1, 0.15) is 24.9 Å². The van der Waals surface area contributed by atoms with Crippen molar-refractivity contribution < 1.29 is 9.59 Å². The second-order valence-corrected chi connectivity index (χ2v) is 4.36. The van der Waals surface area contributed by atoms with Crippen molar-refractivity contribution in [3.8, 4) is 0 Å². The van der Waals surface area contributed by atoms with Crippen molar-refractivity contribution in [3.63, 3.8) is 0 Å². The highest BCUT2D eigenvalue weighted by atomic mass is 35.5. The third-order valence-electron chi connectivity index (χ3n) is 2.48. The molecule has 0 spiro atoms. The maximum absolute atomic E-state index is 11.6. The van der Waals surface area contributed by atoms with Crippen molar-refractivity contribution in [2.45, 2.75) is 19.4 Å². The topological polar surface area (TPSA) is 70.6 Å². The fourth-order valence-corrected chi connectivity index (χ4v) is 2.01. The molecule has 0 saturated carbocycles. The van der Waals surface area contributed by atoms with E-state index in [1.165, 1.54) is 6.92 Å². The van der Waals surface area contributed by atoms with Crippen molar-refractivity contribution in [1.82, 2.24) is 10.6 Å². The van der Waals surface area contributed by atoms with Crippen LogP contribution in [0.3, 0.4) is 0 Å². The molecule has 2 rings (SSSR count). The van der Waals surface area contributed by atoms with E-state index in [1.807, 2.05) is 18.2 Å². The lowest BCUT2D eigenvalue weighted by molar-refractivity contribution is -0.120. The van der Waals surface area contributed by atoms with Crippen molar-refractivity contribution >= 4 is 29.4 Å². The molecule has 1 unspecified atom stereocenters. The lowest BCUT2D eigenvalue weighted by atomic mass is 10.0. The van der Waals surface area contributed by atoms with Crippen LogP contribution in [0.15, 0.2) is 29.3 Å². The van der Waals surface area contributed by atoms with Gasteiger partial charge in [0.2, 0.25) is 17.8 Å². The van der Waals surface area contributed by atoms with Gasteiger partial charge in [-0.15, -0.1) is 0 Å². The minimum Gasteiger partial charge on any atom is -0.297 e. The van der Waals surface area contributed by atoms with Crippen LogP contribution in [0.5, 0.6) is 0 Å². The van der Waals surface area contributed by atoms with Crippen LogP contribution in [0.25, 0.3) is 0 Å². The molecule has 18 heavy (non-hydrogen) atoms. The summed E-state index contributed by atoms with van der Waals surface area (Å²) >= 11 is 6.07. The van der Waals surface area contributed by atoms with Gasteiger partial charge in [0.1, 0.15) is 0 Å². The van der Waals surface area contributed by atoms with Gasteiger partial charge in [0, 0.05) is 11.9 Å². The molecular weight excluding hydrogens is 254 g/mol. The molecule has 6 heteroatoms. The quantitative estimate of drug-likeness (QED) is 0.806. The van der Waals surface area contributed by atoms with E-state index in [4.69, 9.17) is 11.6 Å². The fourth-order valence-electron chi connectivity index (χ4n) is 1.75. The van der Waals surface area contributed by atoms with Crippen LogP contribution in [0.4, 0.5) is 0 Å². The number of nitrogens with zero attached hydrogens (tertiary/aromatic N) is 1. The number of hydrogen-bond acceptors (Lipinski definition) is 3. The molecule has 2 N–H and O–H groups in total. The summed E-state index contributed by atoms with van der Waals surface area (Å²) in [5.74, 6) is -0.309. The van der Waals surface area contributed by atoms with Gasteiger partial charge in [-0.1, -0.05) is 29.8 Å². The zero-order chi connectivity index (χ0) is 13.1. The van der Waals surface area contributed by atoms with E-state index < -0.39 is 0 Å². The molecule has 1 aromatic rings.